The van der Waals surface area contributed by atoms with Crippen molar-refractivity contribution in [3.8, 4) is 0 Å². The summed E-state index contributed by atoms with van der Waals surface area (Å²) < 4.78 is 0. The van der Waals surface area contributed by atoms with Crippen LogP contribution in [0.2, 0.25) is 0 Å². The second-order valence-electron chi connectivity index (χ2n) is 0.0745. The molecule has 0 aromatic heterocycles. The van der Waals surface area contributed by atoms with Crippen LogP contribution in [-0.2, 0) is 0 Å². The Balaban J connectivity index is -0.00000000667. The molecular weight excluding hydrogens is 130 g/mol. The Hall–Kier alpha value is 1.43. The summed E-state index contributed by atoms with van der Waals surface area (Å²) in [5.74, 6) is 0. The molecule has 0 amide bonds. The summed E-state index contributed by atoms with van der Waals surface area (Å²) in [4.78, 5) is 8.00. The summed E-state index contributed by atoms with van der Waals surface area (Å²) in [5, 5.41) is 9.00. The predicted molar refractivity (Wildman–Crippen MR) is 25.3 cm³/mol. The molecule has 0 fully saturated rings. The fourth-order valence-electron chi connectivity index (χ4n) is 0. The Morgan fingerprint density at radius 1 is 1.50 bits per heavy atom. The Bertz CT molecular complexity index is 19.0. The van der Waals surface area contributed by atoms with Gasteiger partial charge in [0.15, 0.2) is 0 Å². The average Bonchev–Trinajstić information content (AvgIpc) is 0.918. The van der Waals surface area contributed by atoms with E-state index >= 15 is 0 Å². The molecule has 1 unspecified atom stereocenters. The van der Waals surface area contributed by atoms with Crippen molar-refractivity contribution in [1.29, 1.82) is 0 Å². The maximum absolute atomic E-state index is 8.00. The largest absolute Gasteiger partial charge is 1.00 e. The summed E-state index contributed by atoms with van der Waals surface area (Å²) >= 11 is 0. The molecule has 3 N–H and O–H groups in total. The monoisotopic (exact) mass is 136 g/mol. The maximum Gasteiger partial charge on any atom is 1.00 e. The normalized spacial score (nSPS) is 2.00. The van der Waals surface area contributed by atoms with Gasteiger partial charge >= 0.3 is 51.4 Å². The van der Waals surface area contributed by atoms with E-state index in [0.717, 1.165) is 5.34 Å². The van der Waals surface area contributed by atoms with Crippen LogP contribution in [0, 0.1) is 10.1 Å². The number of nitrogens with zero attached hydrogens (tertiary/aromatic N) is 1. The minimum atomic E-state index is 0. The molecule has 0 saturated heterocycles. The SMILES string of the molecule is N.O=N[O-].P.[K+]. The topological polar surface area (TPSA) is 87.5 Å². The van der Waals surface area contributed by atoms with E-state index in [4.69, 9.17) is 10.1 Å². The number of hydrogen-bond donors (Lipinski definition) is 1. The molecule has 0 radical (unpaired) electrons. The molecule has 0 rings (SSSR count). The first kappa shape index (κ1) is 26.1. The van der Waals surface area contributed by atoms with Crippen LogP contribution < -0.4 is 57.5 Å². The van der Waals surface area contributed by atoms with Crippen LogP contribution in [0.4, 0.5) is 0 Å². The summed E-state index contributed by atoms with van der Waals surface area (Å²) in [7, 11) is 0. The van der Waals surface area contributed by atoms with Gasteiger partial charge < -0.3 is 16.3 Å². The van der Waals surface area contributed by atoms with Crippen LogP contribution >= 0.6 is 9.90 Å². The van der Waals surface area contributed by atoms with Gasteiger partial charge in [-0.15, -0.1) is 5.34 Å². The van der Waals surface area contributed by atoms with Crippen molar-refractivity contribution >= 4 is 9.90 Å². The summed E-state index contributed by atoms with van der Waals surface area (Å²) in [6.07, 6.45) is 0. The van der Waals surface area contributed by atoms with Crippen molar-refractivity contribution in [2.24, 2.45) is 5.34 Å². The maximum atomic E-state index is 8.00. The van der Waals surface area contributed by atoms with Gasteiger partial charge in [0.25, 0.3) is 0 Å². The molecule has 0 saturated carbocycles. The van der Waals surface area contributed by atoms with E-state index in [2.05, 4.69) is 0 Å². The van der Waals surface area contributed by atoms with Gasteiger partial charge in [-0.05, 0) is 0 Å². The Kier molecular flexibility index (Phi) is 140. The fourth-order valence-corrected chi connectivity index (χ4v) is 0. The van der Waals surface area contributed by atoms with Crippen LogP contribution in [0.25, 0.3) is 0 Å². The van der Waals surface area contributed by atoms with Gasteiger partial charge in [0.1, 0.15) is 0 Å². The van der Waals surface area contributed by atoms with Gasteiger partial charge in [0.2, 0.25) is 0 Å². The van der Waals surface area contributed by atoms with Crippen molar-refractivity contribution < 1.29 is 51.4 Å². The second-order valence-corrected chi connectivity index (χ2v) is 0.0745. The Morgan fingerprint density at radius 2 is 1.50 bits per heavy atom. The molecule has 6 heteroatoms. The minimum absolute atomic E-state index is 0. The molecule has 0 aromatic rings. The van der Waals surface area contributed by atoms with Crippen molar-refractivity contribution in [2.75, 3.05) is 0 Å². The molecule has 1 atom stereocenters. The Labute approximate surface area is 81.6 Å². The third-order valence-electron chi connectivity index (χ3n) is 0. The molecule has 0 aromatic carbocycles. The third-order valence-corrected chi connectivity index (χ3v) is 0. The molecule has 0 aliphatic carbocycles. The zero-order chi connectivity index (χ0) is 2.71. The van der Waals surface area contributed by atoms with Gasteiger partial charge in [0, 0.05) is 0 Å². The number of rotatable bonds is 0. The van der Waals surface area contributed by atoms with Gasteiger partial charge in [-0.3, -0.25) is 0 Å². The molecule has 34 valence electrons. The van der Waals surface area contributed by atoms with Crippen molar-refractivity contribution in [3.05, 3.63) is 10.1 Å². The van der Waals surface area contributed by atoms with Gasteiger partial charge in [0.05, 0.1) is 0 Å². The van der Waals surface area contributed by atoms with E-state index in [1.807, 2.05) is 0 Å². The van der Waals surface area contributed by atoms with Gasteiger partial charge in [-0.1, -0.05) is 0 Å². The van der Waals surface area contributed by atoms with Crippen LogP contribution in [0.15, 0.2) is 5.34 Å². The first-order chi connectivity index (χ1) is 1.41. The van der Waals surface area contributed by atoms with E-state index in [1.54, 1.807) is 0 Å². The standard InChI is InChI=1S/K.HNO2.H3N.H3P/c;2-1-3;;/h;(H,2,3);2*1H3/q+1;;;/p-1. The third kappa shape index (κ3) is 52.3. The summed E-state index contributed by atoms with van der Waals surface area (Å²) in [6.45, 7) is 0. The second kappa shape index (κ2) is 32.1. The van der Waals surface area contributed by atoms with Crippen molar-refractivity contribution in [3.63, 3.8) is 0 Å². The summed E-state index contributed by atoms with van der Waals surface area (Å²) in [6, 6.07) is 0. The van der Waals surface area contributed by atoms with Gasteiger partial charge in [-0.25, -0.2) is 0 Å². The fraction of sp³-hybridized carbons (Fsp3) is 0. The molecule has 0 aliphatic rings. The van der Waals surface area contributed by atoms with Crippen LogP contribution in [0.1, 0.15) is 0 Å². The van der Waals surface area contributed by atoms with Gasteiger partial charge in [-0.2, -0.15) is 9.90 Å². The zero-order valence-electron chi connectivity index (χ0n) is 3.68. The molecule has 0 spiro atoms. The zero-order valence-corrected chi connectivity index (χ0v) is 8.22. The van der Waals surface area contributed by atoms with E-state index in [-0.39, 0.29) is 67.4 Å². The molecule has 4 nitrogen and oxygen atoms in total. The van der Waals surface area contributed by atoms with Crippen LogP contribution in [0.5, 0.6) is 0 Å². The molecular formula is H6KN2O2P. The van der Waals surface area contributed by atoms with E-state index in [0.29, 0.717) is 0 Å². The van der Waals surface area contributed by atoms with E-state index in [1.165, 1.54) is 0 Å². The Morgan fingerprint density at radius 3 is 1.50 bits per heavy atom. The molecule has 6 heavy (non-hydrogen) atoms. The predicted octanol–water partition coefficient (Wildman–Crippen LogP) is -2.53. The van der Waals surface area contributed by atoms with Crippen molar-refractivity contribution in [2.45, 2.75) is 0 Å². The van der Waals surface area contributed by atoms with Crippen molar-refractivity contribution in [1.82, 2.24) is 6.15 Å². The molecule has 0 heterocycles. The van der Waals surface area contributed by atoms with E-state index < -0.39 is 0 Å². The average molecular weight is 136 g/mol. The molecule has 0 aliphatic heterocycles. The van der Waals surface area contributed by atoms with Crippen LogP contribution in [0.3, 0.4) is 0 Å². The van der Waals surface area contributed by atoms with Crippen LogP contribution in [-0.4, -0.2) is 0 Å². The molecule has 0 bridgehead atoms. The minimum Gasteiger partial charge on any atom is -0.444 e. The first-order valence-electron chi connectivity index (χ1n) is 0.365. The number of hydrogen-bond acceptors (Lipinski definition) is 4. The first-order valence-corrected chi connectivity index (χ1v) is 0.365. The quantitative estimate of drug-likeness (QED) is 0.172. The van der Waals surface area contributed by atoms with E-state index in [9.17, 15) is 0 Å². The summed E-state index contributed by atoms with van der Waals surface area (Å²) in [5.41, 5.74) is 0. The smallest absolute Gasteiger partial charge is 0.444 e.